The van der Waals surface area contributed by atoms with Gasteiger partial charge in [0.25, 0.3) is 0 Å². The highest BCUT2D eigenvalue weighted by molar-refractivity contribution is 7.89. The molecule has 0 unspecified atom stereocenters. The van der Waals surface area contributed by atoms with E-state index in [2.05, 4.69) is 0 Å². The van der Waals surface area contributed by atoms with Gasteiger partial charge >= 0.3 is 0 Å². The van der Waals surface area contributed by atoms with Crippen LogP contribution in [0.15, 0.2) is 23.1 Å². The SMILES string of the molecule is CN1C[C@@H]2[C@@H](CCCN2S(=O)(=O)c2cc(F)ccc2F)C1=O. The lowest BCUT2D eigenvalue weighted by Crippen LogP contribution is -2.48. The van der Waals surface area contributed by atoms with Crippen LogP contribution in [0.3, 0.4) is 0 Å². The molecule has 1 aromatic rings. The van der Waals surface area contributed by atoms with Gasteiger partial charge in [0.1, 0.15) is 16.5 Å². The van der Waals surface area contributed by atoms with Gasteiger partial charge in [-0.1, -0.05) is 0 Å². The molecule has 0 spiro atoms. The summed E-state index contributed by atoms with van der Waals surface area (Å²) in [6.45, 7) is 0.486. The maximum Gasteiger partial charge on any atom is 0.246 e. The zero-order chi connectivity index (χ0) is 16.1. The lowest BCUT2D eigenvalue weighted by atomic mass is 9.93. The topological polar surface area (TPSA) is 57.7 Å². The highest BCUT2D eigenvalue weighted by atomic mass is 32.2. The second kappa shape index (κ2) is 5.27. The van der Waals surface area contributed by atoms with Gasteiger partial charge in [-0.05, 0) is 31.0 Å². The molecule has 0 aliphatic carbocycles. The molecule has 1 aromatic carbocycles. The number of piperidine rings is 1. The van der Waals surface area contributed by atoms with Gasteiger partial charge in [0.2, 0.25) is 15.9 Å². The molecule has 22 heavy (non-hydrogen) atoms. The van der Waals surface area contributed by atoms with Crippen molar-refractivity contribution in [3.05, 3.63) is 29.8 Å². The minimum Gasteiger partial charge on any atom is -0.344 e. The van der Waals surface area contributed by atoms with E-state index < -0.39 is 38.5 Å². The third-order valence-electron chi connectivity index (χ3n) is 4.36. The van der Waals surface area contributed by atoms with Crippen molar-refractivity contribution in [1.29, 1.82) is 0 Å². The summed E-state index contributed by atoms with van der Waals surface area (Å²) in [6.07, 6.45) is 1.14. The maximum absolute atomic E-state index is 13.9. The zero-order valence-electron chi connectivity index (χ0n) is 12.0. The maximum atomic E-state index is 13.9. The molecule has 8 heteroatoms. The Kier molecular flexibility index (Phi) is 3.68. The van der Waals surface area contributed by atoms with Gasteiger partial charge in [-0.2, -0.15) is 4.31 Å². The number of halogens is 2. The lowest BCUT2D eigenvalue weighted by molar-refractivity contribution is -0.130. The fourth-order valence-corrected chi connectivity index (χ4v) is 5.05. The van der Waals surface area contributed by atoms with E-state index in [1.807, 2.05) is 0 Å². The van der Waals surface area contributed by atoms with E-state index in [1.54, 1.807) is 7.05 Å². The number of likely N-dealkylation sites (tertiary alicyclic amines) is 1. The molecule has 0 saturated carbocycles. The van der Waals surface area contributed by atoms with Gasteiger partial charge in [0.05, 0.1) is 12.0 Å². The van der Waals surface area contributed by atoms with E-state index in [4.69, 9.17) is 0 Å². The molecule has 120 valence electrons. The van der Waals surface area contributed by atoms with E-state index in [0.29, 0.717) is 18.9 Å². The van der Waals surface area contributed by atoms with Crippen molar-refractivity contribution >= 4 is 15.9 Å². The first-order valence-corrected chi connectivity index (χ1v) is 8.48. The van der Waals surface area contributed by atoms with Gasteiger partial charge in [-0.3, -0.25) is 4.79 Å². The summed E-state index contributed by atoms with van der Waals surface area (Å²) in [5.74, 6) is -2.29. The number of fused-ring (bicyclic) bond motifs is 1. The number of likely N-dealkylation sites (N-methyl/N-ethyl adjacent to an activating group) is 1. The minimum absolute atomic E-state index is 0.0929. The van der Waals surface area contributed by atoms with Crippen LogP contribution in [-0.4, -0.2) is 49.7 Å². The molecule has 2 fully saturated rings. The second-order valence-electron chi connectivity index (χ2n) is 5.73. The summed E-state index contributed by atoms with van der Waals surface area (Å²) in [5, 5.41) is 0. The van der Waals surface area contributed by atoms with Crippen molar-refractivity contribution in [2.45, 2.75) is 23.8 Å². The Bertz CT molecular complexity index is 723. The smallest absolute Gasteiger partial charge is 0.246 e. The van der Waals surface area contributed by atoms with Crippen LogP contribution in [0, 0.1) is 17.6 Å². The summed E-state index contributed by atoms with van der Waals surface area (Å²) >= 11 is 0. The number of rotatable bonds is 2. The highest BCUT2D eigenvalue weighted by Crippen LogP contribution is 2.35. The second-order valence-corrected chi connectivity index (χ2v) is 7.58. The van der Waals surface area contributed by atoms with Crippen LogP contribution in [0.25, 0.3) is 0 Å². The van der Waals surface area contributed by atoms with E-state index in [0.717, 1.165) is 16.4 Å². The molecule has 1 amide bonds. The predicted molar refractivity (Wildman–Crippen MR) is 74.4 cm³/mol. The van der Waals surface area contributed by atoms with Gasteiger partial charge in [0, 0.05) is 20.1 Å². The Morgan fingerprint density at radius 1 is 1.27 bits per heavy atom. The minimum atomic E-state index is -4.18. The lowest BCUT2D eigenvalue weighted by Gasteiger charge is -2.34. The number of hydrogen-bond acceptors (Lipinski definition) is 3. The van der Waals surface area contributed by atoms with Crippen LogP contribution >= 0.6 is 0 Å². The molecule has 2 aliphatic heterocycles. The summed E-state index contributed by atoms with van der Waals surface area (Å²) < 4.78 is 53.8. The molecule has 0 N–H and O–H groups in total. The fraction of sp³-hybridized carbons (Fsp3) is 0.500. The van der Waals surface area contributed by atoms with Gasteiger partial charge in [-0.15, -0.1) is 0 Å². The van der Waals surface area contributed by atoms with E-state index in [1.165, 1.54) is 4.90 Å². The molecule has 2 atom stereocenters. The molecule has 5 nitrogen and oxygen atoms in total. The first-order valence-electron chi connectivity index (χ1n) is 7.04. The number of nitrogens with zero attached hydrogens (tertiary/aromatic N) is 2. The third kappa shape index (κ3) is 2.30. The predicted octanol–water partition coefficient (Wildman–Crippen LogP) is 1.21. The van der Waals surface area contributed by atoms with Crippen molar-refractivity contribution in [3.8, 4) is 0 Å². The largest absolute Gasteiger partial charge is 0.344 e. The van der Waals surface area contributed by atoms with E-state index in [9.17, 15) is 22.0 Å². The first-order chi connectivity index (χ1) is 10.3. The van der Waals surface area contributed by atoms with E-state index in [-0.39, 0.29) is 19.0 Å². The Morgan fingerprint density at radius 2 is 2.00 bits per heavy atom. The van der Waals surface area contributed by atoms with Crippen molar-refractivity contribution in [1.82, 2.24) is 9.21 Å². The number of sulfonamides is 1. The third-order valence-corrected chi connectivity index (χ3v) is 6.30. The Hall–Kier alpha value is -1.54. The molecule has 2 saturated heterocycles. The number of hydrogen-bond donors (Lipinski definition) is 0. The Morgan fingerprint density at radius 3 is 2.73 bits per heavy atom. The van der Waals surface area contributed by atoms with Crippen LogP contribution in [0.5, 0.6) is 0 Å². The van der Waals surface area contributed by atoms with Crippen LogP contribution in [0.1, 0.15) is 12.8 Å². The monoisotopic (exact) mass is 330 g/mol. The molecule has 2 aliphatic rings. The van der Waals surface area contributed by atoms with Crippen LogP contribution in [-0.2, 0) is 14.8 Å². The number of benzene rings is 1. The molecule has 2 heterocycles. The Balaban J connectivity index is 2.02. The highest BCUT2D eigenvalue weighted by Gasteiger charge is 2.48. The van der Waals surface area contributed by atoms with Crippen molar-refractivity contribution in [2.24, 2.45) is 5.92 Å². The number of carbonyl (C=O) groups is 1. The van der Waals surface area contributed by atoms with Crippen molar-refractivity contribution < 1.29 is 22.0 Å². The van der Waals surface area contributed by atoms with Crippen LogP contribution in [0.2, 0.25) is 0 Å². The van der Waals surface area contributed by atoms with Gasteiger partial charge in [-0.25, -0.2) is 17.2 Å². The van der Waals surface area contributed by atoms with Gasteiger partial charge in [0.15, 0.2) is 0 Å². The van der Waals surface area contributed by atoms with Crippen molar-refractivity contribution in [3.63, 3.8) is 0 Å². The van der Waals surface area contributed by atoms with Crippen LogP contribution in [0.4, 0.5) is 8.78 Å². The molecule has 3 rings (SSSR count). The quantitative estimate of drug-likeness (QED) is 0.819. The molecular formula is C14H16F2N2O3S. The Labute approximate surface area is 127 Å². The number of amides is 1. The fourth-order valence-electron chi connectivity index (χ4n) is 3.29. The molecule has 0 bridgehead atoms. The average Bonchev–Trinajstić information content (AvgIpc) is 2.76. The summed E-state index contributed by atoms with van der Waals surface area (Å²) in [5.41, 5.74) is 0. The number of carbonyl (C=O) groups excluding carboxylic acids is 1. The van der Waals surface area contributed by atoms with E-state index >= 15 is 0 Å². The molecule has 0 aromatic heterocycles. The zero-order valence-corrected chi connectivity index (χ0v) is 12.8. The molecule has 0 radical (unpaired) electrons. The standard InChI is InChI=1S/C14H16F2N2O3S/c1-17-8-12-10(14(17)19)3-2-6-18(12)22(20,21)13-7-9(15)4-5-11(13)16/h4-5,7,10,12H,2-3,6,8H2,1H3/t10-,12-/m1/s1. The molecular weight excluding hydrogens is 314 g/mol. The van der Waals surface area contributed by atoms with Crippen molar-refractivity contribution in [2.75, 3.05) is 20.1 Å². The average molecular weight is 330 g/mol. The summed E-state index contributed by atoms with van der Waals surface area (Å²) in [6, 6.07) is 1.85. The first kappa shape index (κ1) is 15.4. The summed E-state index contributed by atoms with van der Waals surface area (Å²) in [4.78, 5) is 12.9. The summed E-state index contributed by atoms with van der Waals surface area (Å²) in [7, 11) is -2.56. The van der Waals surface area contributed by atoms with Crippen LogP contribution < -0.4 is 0 Å². The normalized spacial score (nSPS) is 26.3. The van der Waals surface area contributed by atoms with Gasteiger partial charge < -0.3 is 4.90 Å².